The molecule has 2 atom stereocenters. The first-order valence-electron chi connectivity index (χ1n) is 48.8. The van der Waals surface area contributed by atoms with E-state index in [1.54, 1.807) is 45.9 Å². The first-order chi connectivity index (χ1) is 71.9. The predicted octanol–water partition coefficient (Wildman–Crippen LogP) is 22.8. The minimum Gasteiger partial charge on any atom is -0.406 e. The van der Waals surface area contributed by atoms with Crippen molar-refractivity contribution < 1.29 is 70.6 Å². The van der Waals surface area contributed by atoms with E-state index in [0.29, 0.717) is 146 Å². The number of fused-ring (bicyclic) bond motifs is 4. The molecule has 9 heterocycles. The van der Waals surface area contributed by atoms with Gasteiger partial charge in [0.25, 0.3) is 22.2 Å². The molecule has 0 saturated carbocycles. The van der Waals surface area contributed by atoms with E-state index < -0.39 is 77.2 Å². The number of nitrogens with zero attached hydrogens (tertiary/aromatic N) is 13. The number of ether oxygens (including phenoxy) is 1. The van der Waals surface area contributed by atoms with Gasteiger partial charge in [-0.1, -0.05) is 256 Å². The van der Waals surface area contributed by atoms with Crippen LogP contribution in [0, 0.1) is 31.3 Å². The average molecular weight is 2060 g/mol. The lowest BCUT2D eigenvalue weighted by molar-refractivity contribution is -0.274. The van der Waals surface area contributed by atoms with Crippen LogP contribution in [0.4, 0.5) is 71.8 Å². The molecule has 5 aromatic heterocycles. The predicted molar refractivity (Wildman–Crippen MR) is 539 cm³/mol. The highest BCUT2D eigenvalue weighted by atomic mass is 19.4. The number of halogens is 15. The van der Waals surface area contributed by atoms with E-state index in [0.717, 1.165) is 80.2 Å². The fourth-order valence-electron chi connectivity index (χ4n) is 20.0. The zero-order chi connectivity index (χ0) is 106. The third-order valence-corrected chi connectivity index (χ3v) is 27.3. The van der Waals surface area contributed by atoms with Crippen molar-refractivity contribution in [3.05, 3.63) is 521 Å². The molecular weight excluding hydrogens is 1950 g/mol. The molecule has 19 nitrogen and oxygen atoms in total. The Morgan fingerprint density at radius 2 is 0.687 bits per heavy atom. The molecule has 0 fully saturated rings. The van der Waals surface area contributed by atoms with Gasteiger partial charge in [-0.05, 0) is 126 Å². The third kappa shape index (κ3) is 24.4. The van der Waals surface area contributed by atoms with Gasteiger partial charge in [0.1, 0.15) is 46.7 Å². The summed E-state index contributed by atoms with van der Waals surface area (Å²) in [5.41, 5.74) is 16.0. The van der Waals surface area contributed by atoms with Gasteiger partial charge in [-0.2, -0.15) is 39.5 Å². The maximum absolute atomic E-state index is 14.7. The van der Waals surface area contributed by atoms with Crippen molar-refractivity contribution in [2.24, 2.45) is 0 Å². The van der Waals surface area contributed by atoms with Gasteiger partial charge in [0.2, 0.25) is 5.95 Å². The molecule has 0 aliphatic carbocycles. The van der Waals surface area contributed by atoms with Gasteiger partial charge in [-0.3, -0.25) is 62.0 Å². The largest absolute Gasteiger partial charge is 0.573 e. The van der Waals surface area contributed by atoms with Crippen molar-refractivity contribution in [3.63, 3.8) is 0 Å². The maximum atomic E-state index is 14.7. The molecule has 34 heteroatoms. The summed E-state index contributed by atoms with van der Waals surface area (Å²) in [6, 6.07) is 84.8. The number of aromatic nitrogens is 9. The topological polar surface area (TPSA) is 201 Å². The summed E-state index contributed by atoms with van der Waals surface area (Å²) in [5.74, 6) is -0.999. The molecule has 11 aromatic carbocycles. The van der Waals surface area contributed by atoms with Crippen molar-refractivity contribution in [2.45, 2.75) is 161 Å². The molecule has 0 radical (unpaired) electrons. The number of benzene rings is 11. The van der Waals surface area contributed by atoms with Gasteiger partial charge < -0.3 is 10.5 Å². The van der Waals surface area contributed by atoms with Gasteiger partial charge in [0.15, 0.2) is 0 Å². The lowest BCUT2D eigenvalue weighted by atomic mass is 9.97. The van der Waals surface area contributed by atoms with Crippen LogP contribution in [-0.2, 0) is 96.4 Å². The summed E-state index contributed by atoms with van der Waals surface area (Å²) in [4.78, 5) is 87.3. The SMILES string of the molecule is CC(c1ccc(C(F)(F)F)cc1F)N1CCc2nc(N)n(C(c3ccccc3)c3ccccc3)c(=O)c2C1.CCc1nc2c(c(=O)n1C(c1ccccc1)c1ccccc1)CN(Cc1ccc(C(F)(F)F)cc1F)CC2.Cc1nc2c(c(=O)n1C(c1ccccc1)c1ccccc1)CN(Cc1ccc(OC(F)(F)F)cc1)CC2.Cc1nc2c(c(=O)n1C(c1ccccc1)c1ccccn1)CN(Cc1ccc(C(F)(F)F)cc1F)CC2. The summed E-state index contributed by atoms with van der Waals surface area (Å²) in [7, 11) is 0. The highest BCUT2D eigenvalue weighted by molar-refractivity contribution is 5.44. The summed E-state index contributed by atoms with van der Waals surface area (Å²) in [6.07, 6.45) is -14.3. The van der Waals surface area contributed by atoms with Gasteiger partial charge in [-0.15, -0.1) is 13.2 Å². The Balaban J connectivity index is 0.000000136. The number of nitrogens with two attached hydrogens (primary N) is 1. The van der Waals surface area contributed by atoms with Crippen LogP contribution in [0.1, 0.15) is 190 Å². The minimum absolute atomic E-state index is 0.0705. The van der Waals surface area contributed by atoms with Gasteiger partial charge in [-0.25, -0.2) is 33.1 Å². The fraction of sp³-hybridized carbons (Fsp3) is 0.250. The zero-order valence-electron chi connectivity index (χ0n) is 81.8. The van der Waals surface area contributed by atoms with Crippen LogP contribution in [0.3, 0.4) is 0 Å². The number of pyridine rings is 1. The molecule has 0 bridgehead atoms. The number of hydrogen-bond donors (Lipinski definition) is 1. The Morgan fingerprint density at radius 1 is 0.353 bits per heavy atom. The monoisotopic (exact) mass is 2060 g/mol. The van der Waals surface area contributed by atoms with Gasteiger partial charge in [0, 0.05) is 133 Å². The molecule has 20 rings (SSSR count). The number of rotatable bonds is 22. The Hall–Kier alpha value is -15.5. The van der Waals surface area contributed by atoms with Crippen molar-refractivity contribution in [1.82, 2.24) is 62.8 Å². The van der Waals surface area contributed by atoms with Crippen LogP contribution >= 0.6 is 0 Å². The molecule has 2 N–H and O–H groups in total. The molecule has 0 spiro atoms. The number of nitrogen functional groups attached to an aromatic ring is 1. The van der Waals surface area contributed by atoms with Crippen LogP contribution in [-0.4, -0.2) is 95.3 Å². The number of alkyl halides is 12. The lowest BCUT2D eigenvalue weighted by Gasteiger charge is -2.34. The highest BCUT2D eigenvalue weighted by Crippen LogP contribution is 2.40. The second kappa shape index (κ2) is 45.7. The first-order valence-corrected chi connectivity index (χ1v) is 48.8. The van der Waals surface area contributed by atoms with Crippen molar-refractivity contribution in [2.75, 3.05) is 31.9 Å². The first kappa shape index (κ1) is 106. The van der Waals surface area contributed by atoms with E-state index in [4.69, 9.17) is 20.7 Å². The molecule has 4 aliphatic rings. The van der Waals surface area contributed by atoms with E-state index in [2.05, 4.69) is 19.6 Å². The summed E-state index contributed by atoms with van der Waals surface area (Å²) >= 11 is 0. The van der Waals surface area contributed by atoms with Crippen molar-refractivity contribution >= 4 is 5.95 Å². The Morgan fingerprint density at radius 3 is 1.07 bits per heavy atom. The molecule has 0 amide bonds. The summed E-state index contributed by atoms with van der Waals surface area (Å²) in [6.45, 7) is 11.2. The number of anilines is 1. The Bertz CT molecular complexity index is 7530. The standard InChI is InChI=1S/C30H27F4N3O.C29H26F4N4O.C29H26F3N3O2.C28H24F4N4O/c1-2-27-35-26-15-16-36(18-22-13-14-23(17-25(22)31)30(32,33)34)19-24(26)29(38)37(27)28(20-9-5-3-6-10-20)21-11-7-4-8-12-21;1-18(22-13-12-21(16-24(22)30)29(31,32)33)36-15-14-25-23(17-36)27(38)37(28(34)35-25)26(19-8-4-2-5-9-19)20-10-6-3-7-11-20;1-20-33-26-16-17-34(18-21-12-14-24(15-13-21)37-29(30,31)32)19-25(26)28(36)35(20)27(22-8-4-2-5-9-22)23-10-6-3-7-11-23;1-18-34-24-12-14-35(16-20-10-11-21(15-23(20)29)28(30,31)32)17-22(24)27(37)36(18)26(19-7-3-2-4-8-19)25-9-5-6-13-33-25/h3-14,17,28H,2,15-16,18-19H2,1H3;2-13,16,18,26H,14-15,17H2,1H3,(H2,34,35);2-15,27H,16-19H2,1H3;2-11,13,15,26H,12,14,16-17H2,1H3. The van der Waals surface area contributed by atoms with Crippen LogP contribution < -0.4 is 32.7 Å². The Kier molecular flexibility index (Phi) is 32.2. The summed E-state index contributed by atoms with van der Waals surface area (Å²) < 4.78 is 208. The molecule has 150 heavy (non-hydrogen) atoms. The Labute approximate surface area is 853 Å². The van der Waals surface area contributed by atoms with E-state index in [-0.39, 0.29) is 95.4 Å². The molecule has 772 valence electrons. The van der Waals surface area contributed by atoms with Crippen LogP contribution in [0.25, 0.3) is 0 Å². The lowest BCUT2D eigenvalue weighted by Crippen LogP contribution is -2.41. The second-order valence-corrected chi connectivity index (χ2v) is 37.1. The average Bonchev–Trinajstić information content (AvgIpc) is 0.649. The van der Waals surface area contributed by atoms with Crippen LogP contribution in [0.2, 0.25) is 0 Å². The third-order valence-electron chi connectivity index (χ3n) is 27.3. The van der Waals surface area contributed by atoms with Gasteiger partial charge in [0.05, 0.1) is 85.5 Å². The van der Waals surface area contributed by atoms with Crippen molar-refractivity contribution in [1.29, 1.82) is 0 Å². The smallest absolute Gasteiger partial charge is 0.406 e. The molecule has 16 aromatic rings. The zero-order valence-corrected chi connectivity index (χ0v) is 81.8. The molecule has 0 saturated heterocycles. The van der Waals surface area contributed by atoms with Gasteiger partial charge >= 0.3 is 24.9 Å². The van der Waals surface area contributed by atoms with E-state index in [1.807, 2.05) is 259 Å². The quantitative estimate of drug-likeness (QED) is 0.0628. The number of aryl methyl sites for hydroxylation is 3. The number of hydrogen-bond acceptors (Lipinski definition) is 15. The van der Waals surface area contributed by atoms with E-state index >= 15 is 0 Å². The molecule has 2 unspecified atom stereocenters. The van der Waals surface area contributed by atoms with Crippen LogP contribution in [0.5, 0.6) is 5.75 Å². The molecular formula is C116H103F15N14O5. The highest BCUT2D eigenvalue weighted by Gasteiger charge is 2.40. The minimum atomic E-state index is -4.72. The maximum Gasteiger partial charge on any atom is 0.573 e. The second-order valence-electron chi connectivity index (χ2n) is 37.1. The fourth-order valence-corrected chi connectivity index (χ4v) is 20.0. The summed E-state index contributed by atoms with van der Waals surface area (Å²) in [5, 5.41) is 0. The van der Waals surface area contributed by atoms with E-state index in [9.17, 15) is 85.0 Å². The van der Waals surface area contributed by atoms with E-state index in [1.165, 1.54) is 28.8 Å². The van der Waals surface area contributed by atoms with Crippen molar-refractivity contribution in [3.8, 4) is 5.75 Å². The normalized spacial score (nSPS) is 14.4. The molecule has 4 aliphatic heterocycles. The van der Waals surface area contributed by atoms with Crippen LogP contribution in [0.15, 0.2) is 335 Å².